The topological polar surface area (TPSA) is 8.17 Å². The third-order valence-electron chi connectivity index (χ3n) is 20.5. The number of hydrogen-bond acceptors (Lipinski definition) is 1. The highest BCUT2D eigenvalue weighted by molar-refractivity contribution is 6.11. The van der Waals surface area contributed by atoms with Gasteiger partial charge in [-0.15, -0.1) is 0 Å². The first-order valence-corrected chi connectivity index (χ1v) is 32.1. The summed E-state index contributed by atoms with van der Waals surface area (Å²) in [6.45, 7) is 9.48. The second kappa shape index (κ2) is 21.1. The minimum Gasteiger partial charge on any atom is -0.333 e. The normalized spacial score (nSPS) is 16.5. The zero-order valence-corrected chi connectivity index (χ0v) is 51.3. The fraction of sp³-hybridized carbons (Fsp3) is 0.114. The number of nitrogens with zero attached hydrogens (tertiary/aromatic N) is 2. The molecule has 90 heavy (non-hydrogen) atoms. The molecular weight excluding hydrogens is 1080 g/mol. The van der Waals surface area contributed by atoms with Crippen LogP contribution in [0.15, 0.2) is 303 Å². The van der Waals surface area contributed by atoms with Gasteiger partial charge in [-0.1, -0.05) is 270 Å². The van der Waals surface area contributed by atoms with E-state index in [2.05, 4.69) is 341 Å². The zero-order valence-electron chi connectivity index (χ0n) is 51.3. The molecule has 3 aliphatic carbocycles. The second-order valence-corrected chi connectivity index (χ2v) is 26.3. The van der Waals surface area contributed by atoms with E-state index in [0.717, 1.165) is 18.5 Å². The van der Waals surface area contributed by atoms with Gasteiger partial charge < -0.3 is 9.47 Å². The zero-order chi connectivity index (χ0) is 60.2. The van der Waals surface area contributed by atoms with E-state index in [1.54, 1.807) is 0 Å². The number of benzene rings is 12. The number of allylic oxidation sites excluding steroid dienone is 4. The van der Waals surface area contributed by atoms with Crippen molar-refractivity contribution in [2.24, 2.45) is 0 Å². The number of aromatic nitrogens is 1. The maximum atomic E-state index is 2.62. The smallest absolute Gasteiger partial charge is 0.0626 e. The predicted molar refractivity (Wildman–Crippen MR) is 379 cm³/mol. The van der Waals surface area contributed by atoms with Gasteiger partial charge in [0.2, 0.25) is 0 Å². The lowest BCUT2D eigenvalue weighted by atomic mass is 9.81. The molecule has 0 spiro atoms. The first kappa shape index (κ1) is 53.7. The summed E-state index contributed by atoms with van der Waals surface area (Å²) in [5, 5.41) is 4.82. The molecule has 2 nitrogen and oxygen atoms in total. The molecule has 2 unspecified atom stereocenters. The molecular formula is C88H68N2. The summed E-state index contributed by atoms with van der Waals surface area (Å²) in [5.41, 5.74) is 30.1. The van der Waals surface area contributed by atoms with Crippen molar-refractivity contribution in [1.29, 1.82) is 0 Å². The van der Waals surface area contributed by atoms with Crippen LogP contribution in [0.4, 0.5) is 5.69 Å². The van der Waals surface area contributed by atoms with Crippen molar-refractivity contribution >= 4 is 32.9 Å². The van der Waals surface area contributed by atoms with Gasteiger partial charge in [0.05, 0.1) is 11.7 Å². The average Bonchev–Trinajstić information content (AvgIpc) is 1.49. The SMILES string of the molecule is CC1(C)c2ccccc2-c2ccc(-c3ccc(-c4cc(N5C(c6ccccc6)=CCC5c5ccccc5)cc5cc6c(-c7ccc(-c8ccc9c(c8)C(C)(C)c8ccccc8-9)cc7)cc(-n7c(-c8ccccc8)ccc7C7C=CC=CC7)cc6cc45)cc3)cc21. The lowest BCUT2D eigenvalue weighted by Crippen LogP contribution is -2.22. The van der Waals surface area contributed by atoms with Gasteiger partial charge in [0, 0.05) is 39.5 Å². The molecule has 2 atom stereocenters. The first-order valence-electron chi connectivity index (χ1n) is 32.1. The lowest BCUT2D eigenvalue weighted by Gasteiger charge is -2.32. The number of fused-ring (bicyclic) bond motifs is 8. The van der Waals surface area contributed by atoms with E-state index in [0.29, 0.717) is 0 Å². The molecule has 1 aliphatic heterocycles. The van der Waals surface area contributed by atoms with E-state index in [-0.39, 0.29) is 22.8 Å². The largest absolute Gasteiger partial charge is 0.333 e. The highest BCUT2D eigenvalue weighted by atomic mass is 15.2. The Balaban J connectivity index is 0.875. The summed E-state index contributed by atoms with van der Waals surface area (Å²) in [7, 11) is 0. The Kier molecular flexibility index (Phi) is 12.6. The van der Waals surface area contributed by atoms with Crippen molar-refractivity contribution in [3.63, 3.8) is 0 Å². The first-order chi connectivity index (χ1) is 44.1. The summed E-state index contributed by atoms with van der Waals surface area (Å²) in [5.74, 6) is 0.223. The molecule has 2 heterocycles. The van der Waals surface area contributed by atoms with E-state index in [9.17, 15) is 0 Å². The summed E-state index contributed by atoms with van der Waals surface area (Å²) in [4.78, 5) is 2.62. The van der Waals surface area contributed by atoms with Crippen LogP contribution in [0.1, 0.15) is 91.6 Å². The van der Waals surface area contributed by atoms with Gasteiger partial charge >= 0.3 is 0 Å². The maximum Gasteiger partial charge on any atom is 0.0626 e. The Labute approximate surface area is 528 Å². The van der Waals surface area contributed by atoms with Gasteiger partial charge in [0.1, 0.15) is 0 Å². The molecule has 0 saturated carbocycles. The summed E-state index contributed by atoms with van der Waals surface area (Å²) >= 11 is 0. The van der Waals surface area contributed by atoms with Crippen molar-refractivity contribution in [3.8, 4) is 83.7 Å². The highest BCUT2D eigenvalue weighted by Crippen LogP contribution is 2.53. The Morgan fingerprint density at radius 3 is 1.38 bits per heavy atom. The van der Waals surface area contributed by atoms with Crippen molar-refractivity contribution in [1.82, 2.24) is 4.57 Å². The van der Waals surface area contributed by atoms with Crippen LogP contribution in [-0.2, 0) is 10.8 Å². The Hall–Kier alpha value is -10.5. The second-order valence-electron chi connectivity index (χ2n) is 26.3. The van der Waals surface area contributed by atoms with E-state index in [1.807, 2.05) is 0 Å². The van der Waals surface area contributed by atoms with Gasteiger partial charge in [0.25, 0.3) is 0 Å². The Bertz CT molecular complexity index is 5090. The van der Waals surface area contributed by atoms with Crippen molar-refractivity contribution in [3.05, 3.63) is 342 Å². The molecule has 0 radical (unpaired) electrons. The van der Waals surface area contributed by atoms with E-state index in [4.69, 9.17) is 0 Å². The average molecular weight is 1150 g/mol. The standard InChI is InChI=1S/C88H68N2/c1-87(2)79-31-19-17-29-71(79)73-43-41-65(53-81(73)87)57-33-37-59(38-34-57)77-55-69(89-83(61-21-9-5-10-22-61)45-46-84(89)62-23-11-6-12-24-62)49-67-52-76-68(51-75(67)77)50-70(90-85(63-25-13-7-14-26-63)47-48-86(90)64-27-15-8-16-28-64)56-78(76)60-39-35-58(36-40-60)66-42-44-74-72-30-18-20-32-80(72)88(3,4)82(74)54-66/h5-27,29-45,47-56,64,84H,28,46H2,1-4H3. The minimum atomic E-state index is -0.0857. The van der Waals surface area contributed by atoms with Crippen molar-refractivity contribution in [2.45, 2.75) is 63.3 Å². The fourth-order valence-electron chi connectivity index (χ4n) is 15.8. The molecule has 0 saturated heterocycles. The van der Waals surface area contributed by atoms with Crippen LogP contribution in [0, 0.1) is 0 Å². The molecule has 0 amide bonds. The molecule has 4 aliphatic rings. The van der Waals surface area contributed by atoms with Gasteiger partial charge in [-0.05, 0) is 201 Å². The van der Waals surface area contributed by atoms with Crippen LogP contribution in [0.25, 0.3) is 111 Å². The summed E-state index contributed by atoms with van der Waals surface area (Å²) in [6.07, 6.45) is 13.4. The number of rotatable bonds is 10. The molecule has 430 valence electrons. The highest BCUT2D eigenvalue weighted by Gasteiger charge is 2.37. The van der Waals surface area contributed by atoms with Crippen LogP contribution in [0.3, 0.4) is 0 Å². The molecule has 13 aromatic rings. The molecule has 1 aromatic heterocycles. The lowest BCUT2D eigenvalue weighted by molar-refractivity contribution is 0.660. The minimum absolute atomic E-state index is 0.0855. The van der Waals surface area contributed by atoms with Crippen molar-refractivity contribution < 1.29 is 0 Å². The van der Waals surface area contributed by atoms with Gasteiger partial charge in [0.15, 0.2) is 0 Å². The van der Waals surface area contributed by atoms with Gasteiger partial charge in [-0.2, -0.15) is 0 Å². The third kappa shape index (κ3) is 8.75. The van der Waals surface area contributed by atoms with Crippen LogP contribution in [-0.4, -0.2) is 4.57 Å². The maximum absolute atomic E-state index is 2.62. The van der Waals surface area contributed by atoms with Crippen molar-refractivity contribution in [2.75, 3.05) is 4.90 Å². The van der Waals surface area contributed by atoms with E-state index in [1.165, 1.54) is 150 Å². The third-order valence-corrected chi connectivity index (χ3v) is 20.5. The quantitative estimate of drug-likeness (QED) is 0.124. The van der Waals surface area contributed by atoms with Gasteiger partial charge in [-0.3, -0.25) is 0 Å². The van der Waals surface area contributed by atoms with E-state index < -0.39 is 0 Å². The molecule has 12 aromatic carbocycles. The van der Waals surface area contributed by atoms with Crippen LogP contribution < -0.4 is 4.90 Å². The summed E-state index contributed by atoms with van der Waals surface area (Å²) in [6, 6.07) is 104. The molecule has 0 bridgehead atoms. The van der Waals surface area contributed by atoms with E-state index >= 15 is 0 Å². The number of hydrogen-bond donors (Lipinski definition) is 0. The molecule has 0 N–H and O–H groups in total. The van der Waals surface area contributed by atoms with Crippen LogP contribution >= 0.6 is 0 Å². The summed E-state index contributed by atoms with van der Waals surface area (Å²) < 4.78 is 2.55. The fourth-order valence-corrected chi connectivity index (χ4v) is 15.8. The number of anilines is 1. The van der Waals surface area contributed by atoms with Gasteiger partial charge in [-0.25, -0.2) is 0 Å². The molecule has 2 heteroatoms. The molecule has 0 fully saturated rings. The van der Waals surface area contributed by atoms with Crippen LogP contribution in [0.5, 0.6) is 0 Å². The monoisotopic (exact) mass is 1150 g/mol. The van der Waals surface area contributed by atoms with Crippen LogP contribution in [0.2, 0.25) is 0 Å². The Morgan fingerprint density at radius 1 is 0.344 bits per heavy atom. The Morgan fingerprint density at radius 2 is 0.822 bits per heavy atom. The predicted octanol–water partition coefficient (Wildman–Crippen LogP) is 23.3. The molecule has 17 rings (SSSR count).